The molecule has 0 heterocycles. The van der Waals surface area contributed by atoms with E-state index in [9.17, 15) is 9.59 Å². The van der Waals surface area contributed by atoms with Crippen LogP contribution in [-0.2, 0) is 14.3 Å². The molecule has 0 aliphatic heterocycles. The summed E-state index contributed by atoms with van der Waals surface area (Å²) in [5.74, 6) is 0.0942. The number of benzene rings is 1. The number of amides is 1. The first kappa shape index (κ1) is 24.1. The second-order valence-electron chi connectivity index (χ2n) is 8.55. The predicted molar refractivity (Wildman–Crippen MR) is 110 cm³/mol. The number of carbonyl (C=O) groups excluding carboxylic acids is 2. The van der Waals surface area contributed by atoms with Gasteiger partial charge in [-0.05, 0) is 66.2 Å². The molecule has 0 fully saturated rings. The zero-order chi connectivity index (χ0) is 21.5. The SMILES string of the molecule is CCC(CN(CC(=O)OC(C)(C)C)C(=O)OC(C)(C)C)Oc1cccc(Cl)c1. The van der Waals surface area contributed by atoms with Crippen LogP contribution in [-0.4, -0.2) is 47.4 Å². The number of nitrogens with zero attached hydrogens (tertiary/aromatic N) is 1. The zero-order valence-corrected chi connectivity index (χ0v) is 18.6. The van der Waals surface area contributed by atoms with Crippen molar-refractivity contribution in [1.82, 2.24) is 4.90 Å². The van der Waals surface area contributed by atoms with Gasteiger partial charge in [-0.2, -0.15) is 0 Å². The molecular formula is C21H32ClNO5. The topological polar surface area (TPSA) is 65.1 Å². The van der Waals surface area contributed by atoms with Crippen molar-refractivity contribution >= 4 is 23.7 Å². The minimum Gasteiger partial charge on any atom is -0.489 e. The van der Waals surface area contributed by atoms with Crippen molar-refractivity contribution < 1.29 is 23.8 Å². The lowest BCUT2D eigenvalue weighted by Gasteiger charge is -2.30. The average Bonchev–Trinajstić information content (AvgIpc) is 2.50. The summed E-state index contributed by atoms with van der Waals surface area (Å²) in [5.41, 5.74) is -1.32. The molecule has 1 aromatic carbocycles. The zero-order valence-electron chi connectivity index (χ0n) is 17.9. The molecule has 0 aromatic heterocycles. The Morgan fingerprint density at radius 2 is 1.68 bits per heavy atom. The number of hydrogen-bond acceptors (Lipinski definition) is 5. The van der Waals surface area contributed by atoms with E-state index >= 15 is 0 Å². The highest BCUT2D eigenvalue weighted by Crippen LogP contribution is 2.20. The van der Waals surface area contributed by atoms with Gasteiger partial charge in [-0.1, -0.05) is 24.6 Å². The van der Waals surface area contributed by atoms with Gasteiger partial charge in [0.1, 0.15) is 29.6 Å². The van der Waals surface area contributed by atoms with E-state index in [0.29, 0.717) is 17.2 Å². The van der Waals surface area contributed by atoms with Crippen LogP contribution in [0.15, 0.2) is 24.3 Å². The Bertz CT molecular complexity index is 663. The second kappa shape index (κ2) is 10.0. The summed E-state index contributed by atoms with van der Waals surface area (Å²) in [7, 11) is 0. The summed E-state index contributed by atoms with van der Waals surface area (Å²) in [6.45, 7) is 12.6. The van der Waals surface area contributed by atoms with E-state index in [4.69, 9.17) is 25.8 Å². The van der Waals surface area contributed by atoms with Crippen LogP contribution in [0.2, 0.25) is 5.02 Å². The fourth-order valence-corrected chi connectivity index (χ4v) is 2.47. The number of ether oxygens (including phenoxy) is 3. The van der Waals surface area contributed by atoms with Crippen molar-refractivity contribution in [1.29, 1.82) is 0 Å². The highest BCUT2D eigenvalue weighted by molar-refractivity contribution is 6.30. The van der Waals surface area contributed by atoms with E-state index < -0.39 is 23.3 Å². The first-order valence-electron chi connectivity index (χ1n) is 9.41. The minimum atomic E-state index is -0.682. The minimum absolute atomic E-state index is 0.178. The monoisotopic (exact) mass is 413 g/mol. The van der Waals surface area contributed by atoms with Gasteiger partial charge in [0.15, 0.2) is 0 Å². The Hall–Kier alpha value is -1.95. The van der Waals surface area contributed by atoms with Gasteiger partial charge in [0.25, 0.3) is 0 Å². The molecule has 0 saturated carbocycles. The van der Waals surface area contributed by atoms with E-state index in [-0.39, 0.29) is 19.2 Å². The third kappa shape index (κ3) is 9.83. The van der Waals surface area contributed by atoms with E-state index in [0.717, 1.165) is 0 Å². The number of halogens is 1. The number of hydrogen-bond donors (Lipinski definition) is 0. The van der Waals surface area contributed by atoms with Crippen LogP contribution >= 0.6 is 11.6 Å². The Kier molecular flexibility index (Phi) is 8.61. The van der Waals surface area contributed by atoms with E-state index in [2.05, 4.69) is 0 Å². The van der Waals surface area contributed by atoms with Crippen molar-refractivity contribution in [2.24, 2.45) is 0 Å². The largest absolute Gasteiger partial charge is 0.489 e. The van der Waals surface area contributed by atoms with Crippen molar-refractivity contribution in [2.75, 3.05) is 13.1 Å². The van der Waals surface area contributed by atoms with Gasteiger partial charge in [0, 0.05) is 5.02 Å². The standard InChI is InChI=1S/C21H32ClNO5/c1-8-16(26-17-11-9-10-15(22)12-17)13-23(19(25)28-21(5,6)7)14-18(24)27-20(2,3)4/h9-12,16H,8,13-14H2,1-7H3. The summed E-state index contributed by atoms with van der Waals surface area (Å²) >= 11 is 6.00. The maximum atomic E-state index is 12.6. The van der Waals surface area contributed by atoms with Crippen molar-refractivity contribution in [3.63, 3.8) is 0 Å². The molecule has 6 nitrogen and oxygen atoms in total. The first-order chi connectivity index (χ1) is 12.8. The third-order valence-corrected chi connectivity index (χ3v) is 3.60. The van der Waals surface area contributed by atoms with E-state index in [1.807, 2.05) is 6.92 Å². The van der Waals surface area contributed by atoms with Gasteiger partial charge < -0.3 is 14.2 Å². The molecule has 0 aliphatic rings. The second-order valence-corrected chi connectivity index (χ2v) is 8.99. The van der Waals surface area contributed by atoms with Crippen molar-refractivity contribution in [2.45, 2.75) is 72.2 Å². The van der Waals surface area contributed by atoms with Crippen LogP contribution in [0.5, 0.6) is 5.75 Å². The molecule has 1 unspecified atom stereocenters. The normalized spacial score (nSPS) is 12.9. The Balaban J connectivity index is 2.91. The summed E-state index contributed by atoms with van der Waals surface area (Å²) in [5, 5.41) is 0.560. The lowest BCUT2D eigenvalue weighted by Crippen LogP contribution is -2.46. The van der Waals surface area contributed by atoms with E-state index in [1.54, 1.807) is 65.8 Å². The molecule has 7 heteroatoms. The molecule has 28 heavy (non-hydrogen) atoms. The molecule has 1 aromatic rings. The van der Waals surface area contributed by atoms with Gasteiger partial charge >= 0.3 is 12.1 Å². The summed E-state index contributed by atoms with van der Waals surface area (Å²) in [6.07, 6.45) is -0.305. The molecule has 158 valence electrons. The molecule has 0 radical (unpaired) electrons. The molecule has 0 saturated heterocycles. The van der Waals surface area contributed by atoms with Gasteiger partial charge in [0.05, 0.1) is 6.54 Å². The maximum Gasteiger partial charge on any atom is 0.410 e. The van der Waals surface area contributed by atoms with Crippen molar-refractivity contribution in [3.8, 4) is 5.75 Å². The smallest absolute Gasteiger partial charge is 0.410 e. The van der Waals surface area contributed by atoms with Gasteiger partial charge in [-0.15, -0.1) is 0 Å². The maximum absolute atomic E-state index is 12.6. The molecule has 0 spiro atoms. The molecule has 0 N–H and O–H groups in total. The molecule has 0 bridgehead atoms. The highest BCUT2D eigenvalue weighted by atomic mass is 35.5. The number of rotatable bonds is 7. The molecule has 1 atom stereocenters. The predicted octanol–water partition coefficient (Wildman–Crippen LogP) is 5.08. The fraction of sp³-hybridized carbons (Fsp3) is 0.619. The summed E-state index contributed by atoms with van der Waals surface area (Å²) in [4.78, 5) is 26.2. The Morgan fingerprint density at radius 3 is 2.18 bits per heavy atom. The third-order valence-electron chi connectivity index (χ3n) is 3.37. The van der Waals surface area contributed by atoms with Crippen LogP contribution in [0, 0.1) is 0 Å². The van der Waals surface area contributed by atoms with Crippen molar-refractivity contribution in [3.05, 3.63) is 29.3 Å². The molecule has 1 rings (SSSR count). The van der Waals surface area contributed by atoms with Crippen LogP contribution in [0.4, 0.5) is 4.79 Å². The average molecular weight is 414 g/mol. The van der Waals surface area contributed by atoms with Crippen LogP contribution in [0.25, 0.3) is 0 Å². The summed E-state index contributed by atoms with van der Waals surface area (Å²) < 4.78 is 16.8. The number of esters is 1. The van der Waals surface area contributed by atoms with Crippen LogP contribution in [0.1, 0.15) is 54.9 Å². The lowest BCUT2D eigenvalue weighted by atomic mass is 10.2. The summed E-state index contributed by atoms with van der Waals surface area (Å²) in [6, 6.07) is 7.04. The lowest BCUT2D eigenvalue weighted by molar-refractivity contribution is -0.156. The molecule has 0 aliphatic carbocycles. The van der Waals surface area contributed by atoms with Crippen LogP contribution in [0.3, 0.4) is 0 Å². The molecular weight excluding hydrogens is 382 g/mol. The Morgan fingerprint density at radius 1 is 1.07 bits per heavy atom. The highest BCUT2D eigenvalue weighted by Gasteiger charge is 2.28. The van der Waals surface area contributed by atoms with Gasteiger partial charge in [0.2, 0.25) is 0 Å². The van der Waals surface area contributed by atoms with Crippen LogP contribution < -0.4 is 4.74 Å². The number of carbonyl (C=O) groups is 2. The quantitative estimate of drug-likeness (QED) is 0.583. The van der Waals surface area contributed by atoms with Gasteiger partial charge in [-0.25, -0.2) is 4.79 Å². The van der Waals surface area contributed by atoms with Gasteiger partial charge in [-0.3, -0.25) is 9.69 Å². The fourth-order valence-electron chi connectivity index (χ4n) is 2.29. The van der Waals surface area contributed by atoms with E-state index in [1.165, 1.54) is 4.90 Å². The first-order valence-corrected chi connectivity index (χ1v) is 9.79. The Labute approximate surface area is 173 Å². The molecule has 1 amide bonds.